The molecule has 112 valence electrons. The number of anilines is 1. The summed E-state index contributed by atoms with van der Waals surface area (Å²) in [6.45, 7) is 2.42. The smallest absolute Gasteiger partial charge is 0.255 e. The number of ether oxygens (including phenoxy) is 1. The summed E-state index contributed by atoms with van der Waals surface area (Å²) in [5.41, 5.74) is 8.43. The molecule has 0 atom stereocenters. The normalized spacial score (nSPS) is 12.4. The number of amides is 2. The zero-order valence-corrected chi connectivity index (χ0v) is 12.2. The number of rotatable bonds is 3. The Bertz CT molecular complexity index is 768. The molecule has 0 spiro atoms. The zero-order valence-electron chi connectivity index (χ0n) is 12.2. The molecule has 0 saturated carbocycles. The Hall–Kier alpha value is -2.82. The first kappa shape index (κ1) is 14.1. The summed E-state index contributed by atoms with van der Waals surface area (Å²) in [6.07, 6.45) is 0.799. The van der Waals surface area contributed by atoms with Crippen molar-refractivity contribution in [3.05, 3.63) is 58.7 Å². The van der Waals surface area contributed by atoms with E-state index in [1.165, 1.54) is 0 Å². The Morgan fingerprint density at radius 3 is 2.82 bits per heavy atom. The van der Waals surface area contributed by atoms with Gasteiger partial charge in [0.05, 0.1) is 17.9 Å². The molecule has 5 heteroatoms. The molecule has 2 aromatic carbocycles. The van der Waals surface area contributed by atoms with Crippen LogP contribution in [0, 0.1) is 6.92 Å². The molecule has 0 fully saturated rings. The maximum Gasteiger partial charge on any atom is 0.255 e. The average molecular weight is 296 g/mol. The second kappa shape index (κ2) is 5.52. The molecule has 22 heavy (non-hydrogen) atoms. The molecule has 0 bridgehead atoms. The van der Waals surface area contributed by atoms with Crippen LogP contribution in [0.2, 0.25) is 0 Å². The number of nitrogens with two attached hydrogens (primary N) is 1. The first-order chi connectivity index (χ1) is 10.6. The highest BCUT2D eigenvalue weighted by Crippen LogP contribution is 2.26. The van der Waals surface area contributed by atoms with E-state index in [2.05, 4.69) is 5.32 Å². The number of hydrogen-bond acceptors (Lipinski definition) is 3. The van der Waals surface area contributed by atoms with Crippen molar-refractivity contribution >= 4 is 17.5 Å². The predicted octanol–water partition coefficient (Wildman–Crippen LogP) is 2.28. The van der Waals surface area contributed by atoms with Crippen molar-refractivity contribution in [1.29, 1.82) is 0 Å². The number of hydrogen-bond donors (Lipinski definition) is 2. The lowest BCUT2D eigenvalue weighted by Crippen LogP contribution is -2.19. The molecule has 2 amide bonds. The van der Waals surface area contributed by atoms with Gasteiger partial charge in [-0.2, -0.15) is 0 Å². The number of nitrogens with one attached hydrogen (secondary N) is 1. The lowest BCUT2D eigenvalue weighted by Gasteiger charge is -2.11. The minimum absolute atomic E-state index is 0.275. The fourth-order valence-electron chi connectivity index (χ4n) is 2.62. The molecule has 1 aliphatic rings. The third-order valence-electron chi connectivity index (χ3n) is 3.72. The van der Waals surface area contributed by atoms with Crippen LogP contribution in [0.15, 0.2) is 36.4 Å². The minimum atomic E-state index is -0.559. The van der Waals surface area contributed by atoms with Crippen molar-refractivity contribution in [2.75, 3.05) is 11.9 Å². The van der Waals surface area contributed by atoms with E-state index >= 15 is 0 Å². The molecule has 0 radical (unpaired) electrons. The highest BCUT2D eigenvalue weighted by atomic mass is 16.5. The SMILES string of the molecule is Cc1cccc(NC(=O)c2ccc3c(c2)CCO3)c1C(N)=O. The number of primary amides is 1. The van der Waals surface area contributed by atoms with Gasteiger partial charge in [-0.1, -0.05) is 12.1 Å². The minimum Gasteiger partial charge on any atom is -0.493 e. The van der Waals surface area contributed by atoms with E-state index in [1.54, 1.807) is 37.3 Å². The van der Waals surface area contributed by atoms with Crippen molar-refractivity contribution in [2.24, 2.45) is 5.73 Å². The van der Waals surface area contributed by atoms with Crippen LogP contribution in [0.5, 0.6) is 5.75 Å². The van der Waals surface area contributed by atoms with Crippen LogP contribution in [-0.4, -0.2) is 18.4 Å². The zero-order chi connectivity index (χ0) is 15.7. The standard InChI is InChI=1S/C17H16N2O3/c1-10-3-2-4-13(15(10)16(18)20)19-17(21)12-5-6-14-11(9-12)7-8-22-14/h2-6,9H,7-8H2,1H3,(H2,18,20)(H,19,21). The summed E-state index contributed by atoms with van der Waals surface area (Å²) in [4.78, 5) is 24.0. The highest BCUT2D eigenvalue weighted by Gasteiger charge is 2.17. The van der Waals surface area contributed by atoms with Gasteiger partial charge in [0.1, 0.15) is 5.75 Å². The summed E-state index contributed by atoms with van der Waals surface area (Å²) >= 11 is 0. The molecule has 3 rings (SSSR count). The number of benzene rings is 2. The first-order valence-corrected chi connectivity index (χ1v) is 7.03. The van der Waals surface area contributed by atoms with Crippen molar-refractivity contribution in [3.8, 4) is 5.75 Å². The Kier molecular flexibility index (Phi) is 3.55. The molecular weight excluding hydrogens is 280 g/mol. The molecule has 0 aromatic heterocycles. The van der Waals surface area contributed by atoms with Gasteiger partial charge in [-0.3, -0.25) is 9.59 Å². The quantitative estimate of drug-likeness (QED) is 0.911. The Balaban J connectivity index is 1.89. The summed E-state index contributed by atoms with van der Waals surface area (Å²) in [7, 11) is 0. The third-order valence-corrected chi connectivity index (χ3v) is 3.72. The highest BCUT2D eigenvalue weighted by molar-refractivity contribution is 6.09. The second-order valence-electron chi connectivity index (χ2n) is 5.24. The Morgan fingerprint density at radius 2 is 2.05 bits per heavy atom. The molecule has 5 nitrogen and oxygen atoms in total. The molecule has 1 aliphatic heterocycles. The monoisotopic (exact) mass is 296 g/mol. The van der Waals surface area contributed by atoms with Crippen molar-refractivity contribution in [2.45, 2.75) is 13.3 Å². The second-order valence-corrected chi connectivity index (χ2v) is 5.24. The van der Waals surface area contributed by atoms with Crippen molar-refractivity contribution in [1.82, 2.24) is 0 Å². The van der Waals surface area contributed by atoms with E-state index in [-0.39, 0.29) is 5.91 Å². The fraction of sp³-hybridized carbons (Fsp3) is 0.176. The fourth-order valence-corrected chi connectivity index (χ4v) is 2.62. The van der Waals surface area contributed by atoms with Gasteiger partial charge in [0.2, 0.25) is 0 Å². The first-order valence-electron chi connectivity index (χ1n) is 7.03. The van der Waals surface area contributed by atoms with E-state index in [4.69, 9.17) is 10.5 Å². The van der Waals surface area contributed by atoms with Gasteiger partial charge in [-0.25, -0.2) is 0 Å². The van der Waals surface area contributed by atoms with E-state index in [1.807, 2.05) is 6.07 Å². The van der Waals surface area contributed by atoms with Crippen LogP contribution in [-0.2, 0) is 6.42 Å². The van der Waals surface area contributed by atoms with Crippen LogP contribution in [0.1, 0.15) is 31.8 Å². The summed E-state index contributed by atoms with van der Waals surface area (Å²) < 4.78 is 5.42. The summed E-state index contributed by atoms with van der Waals surface area (Å²) in [5.74, 6) is -0.0107. The van der Waals surface area contributed by atoms with Crippen molar-refractivity contribution in [3.63, 3.8) is 0 Å². The molecule has 1 heterocycles. The molecule has 3 N–H and O–H groups in total. The molecule has 2 aromatic rings. The van der Waals surface area contributed by atoms with Crippen LogP contribution in [0.4, 0.5) is 5.69 Å². The van der Waals surface area contributed by atoms with Gasteiger partial charge < -0.3 is 15.8 Å². The summed E-state index contributed by atoms with van der Waals surface area (Å²) in [6, 6.07) is 10.5. The van der Waals surface area contributed by atoms with Gasteiger partial charge in [-0.05, 0) is 42.3 Å². The lowest BCUT2D eigenvalue weighted by atomic mass is 10.0. The molecule has 0 unspecified atom stereocenters. The number of carbonyl (C=O) groups is 2. The lowest BCUT2D eigenvalue weighted by molar-refractivity contribution is 0.100. The van der Waals surface area contributed by atoms with Crippen molar-refractivity contribution < 1.29 is 14.3 Å². The van der Waals surface area contributed by atoms with Crippen LogP contribution in [0.3, 0.4) is 0 Å². The third kappa shape index (κ3) is 2.53. The Morgan fingerprint density at radius 1 is 1.23 bits per heavy atom. The number of aryl methyl sites for hydroxylation is 1. The Labute approximate surface area is 128 Å². The number of fused-ring (bicyclic) bond motifs is 1. The van der Waals surface area contributed by atoms with Gasteiger partial charge in [0.25, 0.3) is 11.8 Å². The topological polar surface area (TPSA) is 81.4 Å². The predicted molar refractivity (Wildman–Crippen MR) is 83.3 cm³/mol. The largest absolute Gasteiger partial charge is 0.493 e. The van der Waals surface area contributed by atoms with E-state index < -0.39 is 5.91 Å². The van der Waals surface area contributed by atoms with E-state index in [0.29, 0.717) is 23.4 Å². The van der Waals surface area contributed by atoms with E-state index in [0.717, 1.165) is 23.3 Å². The average Bonchev–Trinajstić information content (AvgIpc) is 2.94. The van der Waals surface area contributed by atoms with Crippen LogP contribution >= 0.6 is 0 Å². The van der Waals surface area contributed by atoms with Crippen LogP contribution in [0.25, 0.3) is 0 Å². The van der Waals surface area contributed by atoms with Gasteiger partial charge in [0.15, 0.2) is 0 Å². The molecular formula is C17H16N2O3. The number of carbonyl (C=O) groups excluding carboxylic acids is 2. The van der Waals surface area contributed by atoms with Gasteiger partial charge >= 0.3 is 0 Å². The molecule has 0 saturated heterocycles. The van der Waals surface area contributed by atoms with Gasteiger partial charge in [0, 0.05) is 12.0 Å². The van der Waals surface area contributed by atoms with E-state index in [9.17, 15) is 9.59 Å². The molecule has 0 aliphatic carbocycles. The summed E-state index contributed by atoms with van der Waals surface area (Å²) in [5, 5.41) is 2.76. The maximum absolute atomic E-state index is 12.4. The van der Waals surface area contributed by atoms with Crippen LogP contribution < -0.4 is 15.8 Å². The maximum atomic E-state index is 12.4. The van der Waals surface area contributed by atoms with Gasteiger partial charge in [-0.15, -0.1) is 0 Å².